The highest BCUT2D eigenvalue weighted by molar-refractivity contribution is 5.63. The van der Waals surface area contributed by atoms with Crippen LogP contribution in [0.3, 0.4) is 0 Å². The highest BCUT2D eigenvalue weighted by atomic mass is 16.7. The van der Waals surface area contributed by atoms with Gasteiger partial charge in [-0.1, -0.05) is 61.5 Å². The Kier molecular flexibility index (Phi) is 5.81. The summed E-state index contributed by atoms with van der Waals surface area (Å²) in [5.74, 6) is 0. The highest BCUT2D eigenvalue weighted by Gasteiger charge is 2.13. The Morgan fingerprint density at radius 1 is 0.826 bits per heavy atom. The number of hydrogen-bond donors (Lipinski definition) is 0. The lowest BCUT2D eigenvalue weighted by Gasteiger charge is -2.20. The molecule has 0 saturated carbocycles. The predicted molar refractivity (Wildman–Crippen MR) is 95.0 cm³/mol. The van der Waals surface area contributed by atoms with Gasteiger partial charge in [-0.25, -0.2) is 0 Å². The van der Waals surface area contributed by atoms with E-state index >= 15 is 0 Å². The van der Waals surface area contributed by atoms with Crippen LogP contribution in [0.5, 0.6) is 0 Å². The third-order valence-electron chi connectivity index (χ3n) is 4.47. The first-order chi connectivity index (χ1) is 11.3. The molecule has 3 rings (SSSR count). The van der Waals surface area contributed by atoms with Crippen LogP contribution in [0, 0.1) is 0 Å². The van der Waals surface area contributed by atoms with Gasteiger partial charge in [-0.15, -0.1) is 0 Å². The number of nitrogens with zero attached hydrogens (tertiary/aromatic N) is 2. The Labute approximate surface area is 139 Å². The predicted octanol–water partition coefficient (Wildman–Crippen LogP) is 3.81. The molecule has 0 aliphatic carbocycles. The van der Waals surface area contributed by atoms with Crippen LogP contribution in [0.1, 0.15) is 18.9 Å². The topological polar surface area (TPSA) is 15.7 Å². The van der Waals surface area contributed by atoms with Gasteiger partial charge in [-0.3, -0.25) is 4.84 Å². The van der Waals surface area contributed by atoms with Crippen LogP contribution >= 0.6 is 0 Å². The first-order valence-electron chi connectivity index (χ1n) is 8.60. The van der Waals surface area contributed by atoms with Gasteiger partial charge < -0.3 is 4.90 Å². The fourth-order valence-electron chi connectivity index (χ4n) is 2.98. The Bertz CT molecular complexity index is 582. The zero-order valence-electron chi connectivity index (χ0n) is 13.9. The summed E-state index contributed by atoms with van der Waals surface area (Å²) >= 11 is 0. The van der Waals surface area contributed by atoms with Gasteiger partial charge in [0.1, 0.15) is 0 Å². The van der Waals surface area contributed by atoms with Crippen LogP contribution in [0.15, 0.2) is 54.6 Å². The summed E-state index contributed by atoms with van der Waals surface area (Å²) in [6.07, 6.45) is 1.18. The van der Waals surface area contributed by atoms with E-state index in [0.717, 1.165) is 26.2 Å². The molecule has 3 nitrogen and oxygen atoms in total. The molecule has 1 heterocycles. The maximum Gasteiger partial charge on any atom is 0.0935 e. The summed E-state index contributed by atoms with van der Waals surface area (Å²) in [5, 5.41) is 2.13. The summed E-state index contributed by atoms with van der Waals surface area (Å²) in [4.78, 5) is 8.48. The molecule has 1 fully saturated rings. The molecule has 0 aromatic heterocycles. The molecule has 0 spiro atoms. The standard InChI is InChI=1S/C20H26N2O/c1-2-21-13-6-14-22(16-15-21)23-17-18-9-11-20(12-10-18)19-7-4-3-5-8-19/h3-5,7-12H,2,6,13-17H2,1H3. The van der Waals surface area contributed by atoms with E-state index in [1.807, 2.05) is 6.07 Å². The van der Waals surface area contributed by atoms with Gasteiger partial charge in [0.25, 0.3) is 0 Å². The first kappa shape index (κ1) is 16.2. The molecule has 2 aromatic carbocycles. The molecule has 0 amide bonds. The van der Waals surface area contributed by atoms with Gasteiger partial charge in [0.15, 0.2) is 0 Å². The third kappa shape index (κ3) is 4.64. The Morgan fingerprint density at radius 2 is 1.57 bits per heavy atom. The average Bonchev–Trinajstić information content (AvgIpc) is 2.86. The smallest absolute Gasteiger partial charge is 0.0935 e. The minimum Gasteiger partial charge on any atom is -0.302 e. The molecule has 1 saturated heterocycles. The Hall–Kier alpha value is -1.68. The Balaban J connectivity index is 1.53. The lowest BCUT2D eigenvalue weighted by Crippen LogP contribution is -2.30. The molecular weight excluding hydrogens is 284 g/mol. The van der Waals surface area contributed by atoms with Crippen LogP contribution in [0.25, 0.3) is 11.1 Å². The van der Waals surface area contributed by atoms with E-state index in [1.165, 1.54) is 29.7 Å². The summed E-state index contributed by atoms with van der Waals surface area (Å²) in [7, 11) is 0. The summed E-state index contributed by atoms with van der Waals surface area (Å²) in [5.41, 5.74) is 3.73. The monoisotopic (exact) mass is 310 g/mol. The maximum absolute atomic E-state index is 5.99. The fourth-order valence-corrected chi connectivity index (χ4v) is 2.98. The van der Waals surface area contributed by atoms with E-state index in [1.54, 1.807) is 0 Å². The summed E-state index contributed by atoms with van der Waals surface area (Å²) in [6.45, 7) is 8.32. The second-order valence-electron chi connectivity index (χ2n) is 6.05. The van der Waals surface area contributed by atoms with Gasteiger partial charge in [-0.2, -0.15) is 5.06 Å². The van der Waals surface area contributed by atoms with Crippen molar-refractivity contribution >= 4 is 0 Å². The van der Waals surface area contributed by atoms with Crippen molar-refractivity contribution in [2.24, 2.45) is 0 Å². The van der Waals surface area contributed by atoms with E-state index < -0.39 is 0 Å². The van der Waals surface area contributed by atoms with E-state index in [-0.39, 0.29) is 0 Å². The molecule has 122 valence electrons. The molecule has 0 radical (unpaired) electrons. The molecule has 1 aliphatic rings. The highest BCUT2D eigenvalue weighted by Crippen LogP contribution is 2.19. The molecule has 2 aromatic rings. The lowest BCUT2D eigenvalue weighted by molar-refractivity contribution is -0.166. The number of likely N-dealkylation sites (N-methyl/N-ethyl adjacent to an activating group) is 1. The van der Waals surface area contributed by atoms with E-state index in [9.17, 15) is 0 Å². The van der Waals surface area contributed by atoms with E-state index in [4.69, 9.17) is 4.84 Å². The second kappa shape index (κ2) is 8.25. The molecule has 0 unspecified atom stereocenters. The van der Waals surface area contributed by atoms with Crippen LogP contribution < -0.4 is 0 Å². The number of rotatable bonds is 5. The number of benzene rings is 2. The molecule has 23 heavy (non-hydrogen) atoms. The molecule has 3 heteroatoms. The quantitative estimate of drug-likeness (QED) is 0.835. The van der Waals surface area contributed by atoms with Crippen molar-refractivity contribution < 1.29 is 4.84 Å². The van der Waals surface area contributed by atoms with Crippen LogP contribution in [0.2, 0.25) is 0 Å². The average molecular weight is 310 g/mol. The summed E-state index contributed by atoms with van der Waals surface area (Å²) < 4.78 is 0. The largest absolute Gasteiger partial charge is 0.302 e. The van der Waals surface area contributed by atoms with Crippen LogP contribution in [-0.2, 0) is 11.4 Å². The zero-order chi connectivity index (χ0) is 15.9. The van der Waals surface area contributed by atoms with Gasteiger partial charge >= 0.3 is 0 Å². The SMILES string of the molecule is CCN1CCCN(OCc2ccc(-c3ccccc3)cc2)CC1. The van der Waals surface area contributed by atoms with Gasteiger partial charge in [0.2, 0.25) is 0 Å². The second-order valence-corrected chi connectivity index (χ2v) is 6.05. The van der Waals surface area contributed by atoms with E-state index in [0.29, 0.717) is 6.61 Å². The molecule has 0 bridgehead atoms. The van der Waals surface area contributed by atoms with Crippen molar-refractivity contribution in [1.82, 2.24) is 9.96 Å². The van der Waals surface area contributed by atoms with Crippen molar-refractivity contribution in [3.05, 3.63) is 60.2 Å². The van der Waals surface area contributed by atoms with Crippen molar-refractivity contribution in [2.45, 2.75) is 20.0 Å². The lowest BCUT2D eigenvalue weighted by atomic mass is 10.0. The van der Waals surface area contributed by atoms with Gasteiger partial charge in [-0.05, 0) is 36.2 Å². The molecule has 1 aliphatic heterocycles. The molecule has 0 atom stereocenters. The van der Waals surface area contributed by atoms with Crippen LogP contribution in [0.4, 0.5) is 0 Å². The minimum absolute atomic E-state index is 0.654. The molecular formula is C20H26N2O. The van der Waals surface area contributed by atoms with Crippen molar-refractivity contribution in [2.75, 3.05) is 32.7 Å². The van der Waals surface area contributed by atoms with Crippen molar-refractivity contribution in [3.63, 3.8) is 0 Å². The van der Waals surface area contributed by atoms with Crippen molar-refractivity contribution in [1.29, 1.82) is 0 Å². The number of hydrogen-bond acceptors (Lipinski definition) is 3. The number of hydroxylamine groups is 2. The normalized spacial score (nSPS) is 17.1. The molecule has 0 N–H and O–H groups in total. The van der Waals surface area contributed by atoms with Gasteiger partial charge in [0.05, 0.1) is 6.61 Å². The van der Waals surface area contributed by atoms with E-state index in [2.05, 4.69) is 65.4 Å². The fraction of sp³-hybridized carbons (Fsp3) is 0.400. The minimum atomic E-state index is 0.654. The Morgan fingerprint density at radius 3 is 2.30 bits per heavy atom. The van der Waals surface area contributed by atoms with Crippen LogP contribution in [-0.4, -0.2) is 42.7 Å². The van der Waals surface area contributed by atoms with Crippen molar-refractivity contribution in [3.8, 4) is 11.1 Å². The third-order valence-corrected chi connectivity index (χ3v) is 4.47. The zero-order valence-corrected chi connectivity index (χ0v) is 13.9. The van der Waals surface area contributed by atoms with Gasteiger partial charge in [0, 0.05) is 19.6 Å². The first-order valence-corrected chi connectivity index (χ1v) is 8.60. The summed E-state index contributed by atoms with van der Waals surface area (Å²) in [6, 6.07) is 19.2. The maximum atomic E-state index is 5.99.